The average Bonchev–Trinajstić information content (AvgIpc) is 3.28. The number of nitrogens with zero attached hydrogens (tertiary/aromatic N) is 1. The highest BCUT2D eigenvalue weighted by atomic mass is 31.2. The smallest absolute Gasteiger partial charge is 0.456 e. The molecule has 9 nitrogen and oxygen atoms in total. The van der Waals surface area contributed by atoms with E-state index in [4.69, 9.17) is 13.8 Å². The fourth-order valence-corrected chi connectivity index (χ4v) is 8.39. The molecule has 0 aromatic heterocycles. The van der Waals surface area contributed by atoms with Crippen molar-refractivity contribution in [1.82, 2.24) is 5.32 Å². The molecule has 3 atom stereocenters. The van der Waals surface area contributed by atoms with Gasteiger partial charge in [-0.1, -0.05) is 197 Å². The first-order chi connectivity index (χ1) is 32.4. The van der Waals surface area contributed by atoms with Gasteiger partial charge in [0, 0.05) is 12.8 Å². The van der Waals surface area contributed by atoms with E-state index in [-0.39, 0.29) is 31.5 Å². The maximum absolute atomic E-state index is 13.5. The van der Waals surface area contributed by atoms with E-state index in [0.717, 1.165) is 96.3 Å². The molecule has 0 saturated heterocycles. The number of phosphoric acid groups is 1. The number of quaternary nitrogens is 1. The van der Waals surface area contributed by atoms with Crippen molar-refractivity contribution in [1.29, 1.82) is 0 Å². The second-order valence-electron chi connectivity index (χ2n) is 19.7. The standard InChI is InChI=1S/C57H105N2O7P/c1-7-10-13-16-19-22-25-28-31-34-37-40-43-46-49-56(60)58-54(53-65-67(62,63)64-52-51-59(4,5)6)55(48-45-42-39-36-33-30-27-24-21-18-15-12-9-3)66-57(61)50-47-44-41-38-35-32-29-26-23-20-17-14-11-8-2/h11,14,20,23,29,31-32,34,45,48,54-55H,7-10,12-13,15-19,21-22,24-28,30,33,35-44,46-47,49-53H2,1-6H3,(H-,58,60,62,63)/p+1/b14-11+,23-20+,32-29+,34-31-,48-45+. The van der Waals surface area contributed by atoms with E-state index in [0.29, 0.717) is 23.9 Å². The van der Waals surface area contributed by atoms with Gasteiger partial charge in [0.2, 0.25) is 5.91 Å². The predicted molar refractivity (Wildman–Crippen MR) is 286 cm³/mol. The van der Waals surface area contributed by atoms with Crippen molar-refractivity contribution in [2.24, 2.45) is 0 Å². The van der Waals surface area contributed by atoms with Crippen molar-refractivity contribution in [2.45, 2.75) is 251 Å². The molecule has 0 radical (unpaired) electrons. The third-order valence-corrected chi connectivity index (χ3v) is 12.9. The minimum Gasteiger partial charge on any atom is -0.456 e. The summed E-state index contributed by atoms with van der Waals surface area (Å²) in [5.74, 6) is -0.550. The molecule has 0 fully saturated rings. The lowest BCUT2D eigenvalue weighted by Gasteiger charge is -2.27. The third-order valence-electron chi connectivity index (χ3n) is 11.9. The Morgan fingerprint density at radius 3 is 1.46 bits per heavy atom. The van der Waals surface area contributed by atoms with E-state index in [2.05, 4.69) is 74.7 Å². The van der Waals surface area contributed by atoms with Crippen molar-refractivity contribution >= 4 is 19.7 Å². The maximum Gasteiger partial charge on any atom is 0.472 e. The summed E-state index contributed by atoms with van der Waals surface area (Å²) in [6.07, 6.45) is 57.8. The van der Waals surface area contributed by atoms with Crippen LogP contribution in [-0.2, 0) is 27.9 Å². The van der Waals surface area contributed by atoms with Gasteiger partial charge in [0.05, 0.1) is 33.8 Å². The molecule has 0 rings (SSSR count). The Kier molecular flexibility index (Phi) is 45.8. The molecule has 0 saturated carbocycles. The molecule has 3 unspecified atom stereocenters. The Hall–Kier alpha value is -2.29. The van der Waals surface area contributed by atoms with Crippen molar-refractivity contribution in [3.05, 3.63) is 60.8 Å². The topological polar surface area (TPSA) is 111 Å². The number of likely N-dealkylation sites (N-methyl/N-ethyl adjacent to an activating group) is 1. The van der Waals surface area contributed by atoms with Crippen LogP contribution >= 0.6 is 7.82 Å². The van der Waals surface area contributed by atoms with Crippen LogP contribution in [0.3, 0.4) is 0 Å². The van der Waals surface area contributed by atoms with Gasteiger partial charge in [-0.2, -0.15) is 0 Å². The first-order valence-electron chi connectivity index (χ1n) is 27.6. The van der Waals surface area contributed by atoms with Crippen LogP contribution in [0.5, 0.6) is 0 Å². The summed E-state index contributed by atoms with van der Waals surface area (Å²) >= 11 is 0. The number of esters is 1. The summed E-state index contributed by atoms with van der Waals surface area (Å²) in [6, 6.07) is -0.864. The van der Waals surface area contributed by atoms with Crippen molar-refractivity contribution < 1.29 is 37.3 Å². The molecule has 0 heterocycles. The van der Waals surface area contributed by atoms with Gasteiger partial charge in [-0.15, -0.1) is 0 Å². The van der Waals surface area contributed by atoms with E-state index in [1.807, 2.05) is 33.3 Å². The number of unbranched alkanes of at least 4 members (excludes halogenated alkanes) is 25. The minimum absolute atomic E-state index is 0.0325. The first kappa shape index (κ1) is 64.7. The maximum atomic E-state index is 13.5. The zero-order valence-electron chi connectivity index (χ0n) is 44.4. The van der Waals surface area contributed by atoms with Gasteiger partial charge in [0.1, 0.15) is 19.3 Å². The zero-order valence-corrected chi connectivity index (χ0v) is 45.3. The lowest BCUT2D eigenvalue weighted by Crippen LogP contribution is -2.47. The van der Waals surface area contributed by atoms with Crippen LogP contribution in [-0.4, -0.2) is 74.3 Å². The fourth-order valence-electron chi connectivity index (χ4n) is 7.65. The average molecular weight is 962 g/mol. The Morgan fingerprint density at radius 2 is 0.955 bits per heavy atom. The fraction of sp³-hybridized carbons (Fsp3) is 0.789. The number of phosphoric ester groups is 1. The third kappa shape index (κ3) is 48.5. The molecule has 1 amide bonds. The highest BCUT2D eigenvalue weighted by molar-refractivity contribution is 7.47. The first-order valence-corrected chi connectivity index (χ1v) is 29.1. The summed E-state index contributed by atoms with van der Waals surface area (Å²) in [5.41, 5.74) is 0. The lowest BCUT2D eigenvalue weighted by atomic mass is 10.0. The summed E-state index contributed by atoms with van der Waals surface area (Å²) in [6.45, 7) is 6.86. The van der Waals surface area contributed by atoms with E-state index < -0.39 is 20.0 Å². The second kappa shape index (κ2) is 47.4. The molecule has 0 spiro atoms. The van der Waals surface area contributed by atoms with Gasteiger partial charge in [-0.3, -0.25) is 18.6 Å². The Bertz CT molecular complexity index is 1340. The zero-order chi connectivity index (χ0) is 49.4. The van der Waals surface area contributed by atoms with Crippen molar-refractivity contribution in [3.8, 4) is 0 Å². The molecular formula is C57H106N2O7P+. The van der Waals surface area contributed by atoms with Crippen LogP contribution in [0.25, 0.3) is 0 Å². The molecule has 67 heavy (non-hydrogen) atoms. The van der Waals surface area contributed by atoms with E-state index in [1.165, 1.54) is 103 Å². The Labute approximate surface area is 413 Å². The van der Waals surface area contributed by atoms with E-state index in [9.17, 15) is 19.0 Å². The van der Waals surface area contributed by atoms with Gasteiger partial charge in [-0.05, 0) is 89.5 Å². The monoisotopic (exact) mass is 962 g/mol. The molecule has 0 aliphatic rings. The SMILES string of the molecule is CC/C=C/C/C=C/C/C=C/CCCCCCC(=O)OC(/C=C/CCCCCCCCCCCCC)C(COP(=O)(O)OCC[N+](C)(C)C)NC(=O)CCCCC/C=C\CCCCCCCCC. The van der Waals surface area contributed by atoms with Crippen LogP contribution in [0.1, 0.15) is 239 Å². The largest absolute Gasteiger partial charge is 0.472 e. The number of carbonyl (C=O) groups excluding carboxylic acids is 2. The molecule has 0 bridgehead atoms. The summed E-state index contributed by atoms with van der Waals surface area (Å²) in [7, 11) is 1.47. The highest BCUT2D eigenvalue weighted by Gasteiger charge is 2.30. The summed E-state index contributed by atoms with van der Waals surface area (Å²) in [4.78, 5) is 37.5. The van der Waals surface area contributed by atoms with Gasteiger partial charge in [-0.25, -0.2) is 4.57 Å². The second-order valence-corrected chi connectivity index (χ2v) is 21.2. The molecule has 0 aromatic carbocycles. The Morgan fingerprint density at radius 1 is 0.537 bits per heavy atom. The molecule has 0 aliphatic carbocycles. The number of hydrogen-bond donors (Lipinski definition) is 2. The van der Waals surface area contributed by atoms with Gasteiger partial charge in [0.25, 0.3) is 0 Å². The number of ether oxygens (including phenoxy) is 1. The molecule has 0 aromatic rings. The number of allylic oxidation sites excluding steroid dienone is 9. The van der Waals surface area contributed by atoms with Crippen LogP contribution in [0.15, 0.2) is 60.8 Å². The lowest BCUT2D eigenvalue weighted by molar-refractivity contribution is -0.870. The highest BCUT2D eigenvalue weighted by Crippen LogP contribution is 2.43. The normalized spacial score (nSPS) is 14.3. The van der Waals surface area contributed by atoms with Gasteiger partial charge in [0.15, 0.2) is 0 Å². The number of hydrogen-bond acceptors (Lipinski definition) is 6. The van der Waals surface area contributed by atoms with E-state index in [1.54, 1.807) is 0 Å². The molecule has 10 heteroatoms. The number of carbonyl (C=O) groups is 2. The minimum atomic E-state index is -4.45. The van der Waals surface area contributed by atoms with Crippen molar-refractivity contribution in [3.63, 3.8) is 0 Å². The van der Waals surface area contributed by atoms with Gasteiger partial charge >= 0.3 is 13.8 Å². The van der Waals surface area contributed by atoms with Gasteiger partial charge < -0.3 is 19.4 Å². The number of amides is 1. The van der Waals surface area contributed by atoms with Crippen LogP contribution in [0.2, 0.25) is 0 Å². The summed E-state index contributed by atoms with van der Waals surface area (Å²) < 4.78 is 30.5. The molecular weight excluding hydrogens is 856 g/mol. The quantitative estimate of drug-likeness (QED) is 0.0205. The molecule has 2 N–H and O–H groups in total. The van der Waals surface area contributed by atoms with Crippen LogP contribution in [0, 0.1) is 0 Å². The predicted octanol–water partition coefficient (Wildman–Crippen LogP) is 16.3. The van der Waals surface area contributed by atoms with Crippen LogP contribution in [0.4, 0.5) is 0 Å². The summed E-state index contributed by atoms with van der Waals surface area (Å²) in [5, 5.41) is 3.03. The Balaban J connectivity index is 5.47. The molecule has 390 valence electrons. The number of rotatable bonds is 49. The number of nitrogens with one attached hydrogen (secondary N) is 1. The van der Waals surface area contributed by atoms with Crippen molar-refractivity contribution in [2.75, 3.05) is 40.9 Å². The molecule has 0 aliphatic heterocycles. The van der Waals surface area contributed by atoms with E-state index >= 15 is 0 Å². The van der Waals surface area contributed by atoms with Crippen LogP contribution < -0.4 is 5.32 Å².